The highest BCUT2D eigenvalue weighted by atomic mass is 15.2. The first kappa shape index (κ1) is 14.4. The molecule has 0 radical (unpaired) electrons. The highest BCUT2D eigenvalue weighted by Crippen LogP contribution is 2.32. The van der Waals surface area contributed by atoms with Crippen LogP contribution in [0.5, 0.6) is 0 Å². The van der Waals surface area contributed by atoms with Crippen LogP contribution in [0, 0.1) is 6.92 Å². The van der Waals surface area contributed by atoms with E-state index in [0.29, 0.717) is 6.04 Å². The van der Waals surface area contributed by atoms with Gasteiger partial charge in [0, 0.05) is 48.7 Å². The number of aryl methyl sites for hydroxylation is 1. The van der Waals surface area contributed by atoms with E-state index in [9.17, 15) is 0 Å². The molecule has 0 spiro atoms. The molecule has 0 N–H and O–H groups in total. The van der Waals surface area contributed by atoms with Gasteiger partial charge in [0.05, 0.1) is 5.52 Å². The summed E-state index contributed by atoms with van der Waals surface area (Å²) in [5.41, 5.74) is 3.46. The van der Waals surface area contributed by atoms with Crippen LogP contribution in [0.15, 0.2) is 42.9 Å². The first-order valence-electron chi connectivity index (χ1n) is 8.38. The van der Waals surface area contributed by atoms with Crippen LogP contribution in [0.4, 0.5) is 0 Å². The maximum absolute atomic E-state index is 4.68. The number of likely N-dealkylation sites (tertiary alicyclic amines) is 1. The average molecular weight is 306 g/mol. The highest BCUT2D eigenvalue weighted by Gasteiger charge is 2.25. The number of imidazole rings is 1. The molecule has 1 aliphatic rings. The fourth-order valence-corrected chi connectivity index (χ4v) is 3.65. The number of pyridine rings is 1. The van der Waals surface area contributed by atoms with E-state index in [1.165, 1.54) is 29.5 Å². The lowest BCUT2D eigenvalue weighted by Crippen LogP contribution is -2.21. The van der Waals surface area contributed by atoms with Crippen LogP contribution in [0.3, 0.4) is 0 Å². The molecule has 4 nitrogen and oxygen atoms in total. The molecule has 2 aromatic heterocycles. The third-order valence-electron chi connectivity index (χ3n) is 4.97. The summed E-state index contributed by atoms with van der Waals surface area (Å²) in [6, 6.07) is 9.01. The first-order valence-corrected chi connectivity index (χ1v) is 8.38. The lowest BCUT2D eigenvalue weighted by Gasteiger charge is -2.17. The molecule has 3 aromatic rings. The van der Waals surface area contributed by atoms with Gasteiger partial charge >= 0.3 is 0 Å². The topological polar surface area (TPSA) is 34.0 Å². The number of hydrogen-bond acceptors (Lipinski definition) is 3. The molecule has 23 heavy (non-hydrogen) atoms. The highest BCUT2D eigenvalue weighted by molar-refractivity contribution is 5.94. The van der Waals surface area contributed by atoms with Gasteiger partial charge in [-0.2, -0.15) is 0 Å². The van der Waals surface area contributed by atoms with Crippen molar-refractivity contribution < 1.29 is 0 Å². The standard InChI is InChI=1S/C19H22N4/c1-3-22-11-8-15(13-22)23-12-10-21-19(23)17-7-6-14(2)18-16(17)5-4-9-20-18/h4-7,9-10,12,15H,3,8,11,13H2,1-2H3. The number of aromatic nitrogens is 3. The van der Waals surface area contributed by atoms with E-state index in [0.717, 1.165) is 24.4 Å². The zero-order chi connectivity index (χ0) is 15.8. The van der Waals surface area contributed by atoms with Gasteiger partial charge in [-0.25, -0.2) is 4.98 Å². The fourth-order valence-electron chi connectivity index (χ4n) is 3.65. The summed E-state index contributed by atoms with van der Waals surface area (Å²) >= 11 is 0. The van der Waals surface area contributed by atoms with Crippen LogP contribution in [-0.2, 0) is 0 Å². The molecule has 0 bridgehead atoms. The summed E-state index contributed by atoms with van der Waals surface area (Å²) in [4.78, 5) is 11.7. The van der Waals surface area contributed by atoms with Gasteiger partial charge in [0.1, 0.15) is 5.82 Å². The Morgan fingerprint density at radius 1 is 1.17 bits per heavy atom. The van der Waals surface area contributed by atoms with Gasteiger partial charge in [0.2, 0.25) is 0 Å². The Labute approximate surface area is 136 Å². The molecule has 1 fully saturated rings. The minimum Gasteiger partial charge on any atom is -0.327 e. The number of fused-ring (bicyclic) bond motifs is 1. The zero-order valence-corrected chi connectivity index (χ0v) is 13.7. The SMILES string of the molecule is CCN1CCC(n2ccnc2-c2ccc(C)c3ncccc23)C1. The Kier molecular flexibility index (Phi) is 3.62. The summed E-state index contributed by atoms with van der Waals surface area (Å²) in [7, 11) is 0. The van der Waals surface area contributed by atoms with Gasteiger partial charge in [-0.3, -0.25) is 4.98 Å². The van der Waals surface area contributed by atoms with Gasteiger partial charge in [-0.05, 0) is 31.5 Å². The van der Waals surface area contributed by atoms with Crippen molar-refractivity contribution in [1.82, 2.24) is 19.4 Å². The number of nitrogens with zero attached hydrogens (tertiary/aromatic N) is 4. The molecule has 1 atom stereocenters. The normalized spacial score (nSPS) is 18.8. The summed E-state index contributed by atoms with van der Waals surface area (Å²) in [6.07, 6.45) is 7.11. The number of benzene rings is 1. The van der Waals surface area contributed by atoms with E-state index in [4.69, 9.17) is 0 Å². The van der Waals surface area contributed by atoms with Crippen LogP contribution >= 0.6 is 0 Å². The minimum absolute atomic E-state index is 0.514. The van der Waals surface area contributed by atoms with E-state index < -0.39 is 0 Å². The van der Waals surface area contributed by atoms with Crippen molar-refractivity contribution in [2.75, 3.05) is 19.6 Å². The predicted octanol–water partition coefficient (Wildman–Crippen LogP) is 3.67. The van der Waals surface area contributed by atoms with Crippen molar-refractivity contribution in [2.45, 2.75) is 26.3 Å². The summed E-state index contributed by atoms with van der Waals surface area (Å²) in [5.74, 6) is 1.06. The molecule has 3 heterocycles. The number of hydrogen-bond donors (Lipinski definition) is 0. The van der Waals surface area contributed by atoms with Crippen molar-refractivity contribution in [2.24, 2.45) is 0 Å². The molecule has 0 saturated carbocycles. The van der Waals surface area contributed by atoms with Crippen LogP contribution in [0.25, 0.3) is 22.3 Å². The van der Waals surface area contributed by atoms with Crippen molar-refractivity contribution in [3.8, 4) is 11.4 Å². The van der Waals surface area contributed by atoms with Crippen molar-refractivity contribution in [3.63, 3.8) is 0 Å². The molecule has 1 unspecified atom stereocenters. The maximum atomic E-state index is 4.68. The van der Waals surface area contributed by atoms with Gasteiger partial charge in [-0.1, -0.05) is 25.1 Å². The molecule has 0 aliphatic carbocycles. The van der Waals surface area contributed by atoms with Crippen molar-refractivity contribution >= 4 is 10.9 Å². The first-order chi connectivity index (χ1) is 11.3. The molecule has 1 aliphatic heterocycles. The van der Waals surface area contributed by atoms with Crippen LogP contribution in [0.1, 0.15) is 24.9 Å². The van der Waals surface area contributed by atoms with E-state index in [-0.39, 0.29) is 0 Å². The molecule has 4 rings (SSSR count). The third-order valence-corrected chi connectivity index (χ3v) is 4.97. The lowest BCUT2D eigenvalue weighted by atomic mass is 10.0. The van der Waals surface area contributed by atoms with Gasteiger partial charge in [0.25, 0.3) is 0 Å². The second-order valence-electron chi connectivity index (χ2n) is 6.32. The second kappa shape index (κ2) is 5.78. The molecule has 118 valence electrons. The zero-order valence-electron chi connectivity index (χ0n) is 13.7. The number of rotatable bonds is 3. The van der Waals surface area contributed by atoms with E-state index in [2.05, 4.69) is 57.7 Å². The van der Waals surface area contributed by atoms with Crippen LogP contribution in [-0.4, -0.2) is 39.1 Å². The Bertz CT molecular complexity index is 836. The quantitative estimate of drug-likeness (QED) is 0.740. The molecular formula is C19H22N4. The Morgan fingerprint density at radius 2 is 2.09 bits per heavy atom. The van der Waals surface area contributed by atoms with E-state index in [1.54, 1.807) is 0 Å². The smallest absolute Gasteiger partial charge is 0.140 e. The Morgan fingerprint density at radius 3 is 2.91 bits per heavy atom. The lowest BCUT2D eigenvalue weighted by molar-refractivity contribution is 0.342. The molecular weight excluding hydrogens is 284 g/mol. The van der Waals surface area contributed by atoms with E-state index in [1.807, 2.05) is 18.5 Å². The van der Waals surface area contributed by atoms with Gasteiger partial charge in [0.15, 0.2) is 0 Å². The predicted molar refractivity (Wildman–Crippen MR) is 93.5 cm³/mol. The van der Waals surface area contributed by atoms with Crippen molar-refractivity contribution in [3.05, 3.63) is 48.4 Å². The fraction of sp³-hybridized carbons (Fsp3) is 0.368. The summed E-state index contributed by atoms with van der Waals surface area (Å²) in [6.45, 7) is 7.76. The van der Waals surface area contributed by atoms with Crippen LogP contribution < -0.4 is 0 Å². The largest absolute Gasteiger partial charge is 0.327 e. The molecule has 1 saturated heterocycles. The van der Waals surface area contributed by atoms with Crippen molar-refractivity contribution in [1.29, 1.82) is 0 Å². The van der Waals surface area contributed by atoms with Crippen LogP contribution in [0.2, 0.25) is 0 Å². The Balaban J connectivity index is 1.81. The molecule has 0 amide bonds. The molecule has 1 aromatic carbocycles. The second-order valence-corrected chi connectivity index (χ2v) is 6.32. The third kappa shape index (κ3) is 2.43. The average Bonchev–Trinajstić information content (AvgIpc) is 3.24. The van der Waals surface area contributed by atoms with Gasteiger partial charge < -0.3 is 9.47 Å². The van der Waals surface area contributed by atoms with Gasteiger partial charge in [-0.15, -0.1) is 0 Å². The summed E-state index contributed by atoms with van der Waals surface area (Å²) in [5, 5.41) is 1.19. The maximum Gasteiger partial charge on any atom is 0.140 e. The van der Waals surface area contributed by atoms with E-state index >= 15 is 0 Å². The molecule has 4 heteroatoms. The monoisotopic (exact) mass is 306 g/mol. The number of likely N-dealkylation sites (N-methyl/N-ethyl adjacent to an activating group) is 1. The Hall–Kier alpha value is -2.20. The minimum atomic E-state index is 0.514. The summed E-state index contributed by atoms with van der Waals surface area (Å²) < 4.78 is 2.35.